The number of rotatable bonds is 5. The average molecular weight is 603 g/mol. The highest BCUT2D eigenvalue weighted by Gasteiger charge is 2.25. The Morgan fingerprint density at radius 2 is 1.06 bits per heavy atom. The number of aliphatic imine (C=N–C) groups is 2. The van der Waals surface area contributed by atoms with E-state index < -0.39 is 6.17 Å². The first-order chi connectivity index (χ1) is 23.3. The van der Waals surface area contributed by atoms with Gasteiger partial charge < -0.3 is 9.88 Å². The molecule has 47 heavy (non-hydrogen) atoms. The van der Waals surface area contributed by atoms with Crippen molar-refractivity contribution in [1.82, 2.24) is 9.88 Å². The van der Waals surface area contributed by atoms with E-state index in [0.717, 1.165) is 61.6 Å². The Labute approximate surface area is 273 Å². The van der Waals surface area contributed by atoms with Crippen LogP contribution >= 0.6 is 0 Å². The second-order valence-corrected chi connectivity index (χ2v) is 11.9. The first kappa shape index (κ1) is 27.1. The third kappa shape index (κ3) is 4.70. The number of nitrogens with one attached hydrogen (secondary N) is 1. The fourth-order valence-corrected chi connectivity index (χ4v) is 6.88. The molecule has 9 rings (SSSR count). The molecule has 0 saturated heterocycles. The van der Waals surface area contributed by atoms with Gasteiger partial charge in [-0.2, -0.15) is 0 Å². The molecule has 1 aromatic heterocycles. The lowest BCUT2D eigenvalue weighted by Crippen LogP contribution is -2.36. The molecule has 7 aromatic carbocycles. The molecule has 0 bridgehead atoms. The minimum Gasteiger partial charge on any atom is -0.324 e. The van der Waals surface area contributed by atoms with Gasteiger partial charge in [-0.15, -0.1) is 0 Å². The fraction of sp³-hybridized carbons (Fsp3) is 0.0233. The van der Waals surface area contributed by atoms with E-state index in [0.29, 0.717) is 0 Å². The number of aromatic nitrogens is 1. The molecule has 0 saturated carbocycles. The van der Waals surface area contributed by atoms with E-state index in [1.165, 1.54) is 16.2 Å². The Morgan fingerprint density at radius 3 is 1.83 bits per heavy atom. The summed E-state index contributed by atoms with van der Waals surface area (Å²) in [5, 5.41) is 8.45. The molecule has 0 spiro atoms. The van der Waals surface area contributed by atoms with Crippen LogP contribution in [0.1, 0.15) is 22.9 Å². The van der Waals surface area contributed by atoms with E-state index in [1.54, 1.807) is 0 Å². The molecule has 1 aliphatic heterocycles. The zero-order chi connectivity index (χ0) is 31.2. The van der Waals surface area contributed by atoms with Crippen molar-refractivity contribution in [2.24, 2.45) is 9.98 Å². The zero-order valence-corrected chi connectivity index (χ0v) is 25.6. The van der Waals surface area contributed by atoms with Gasteiger partial charge in [0, 0.05) is 33.2 Å². The Kier molecular flexibility index (Phi) is 6.50. The largest absolute Gasteiger partial charge is 0.324 e. The lowest BCUT2D eigenvalue weighted by molar-refractivity contribution is 0.758. The van der Waals surface area contributed by atoms with Gasteiger partial charge in [-0.05, 0) is 52.2 Å². The van der Waals surface area contributed by atoms with Crippen LogP contribution in [0.4, 0.5) is 0 Å². The van der Waals surface area contributed by atoms with Crippen molar-refractivity contribution in [2.45, 2.75) is 6.17 Å². The number of hydrogen-bond acceptors (Lipinski definition) is 3. The van der Waals surface area contributed by atoms with E-state index in [9.17, 15) is 0 Å². The summed E-state index contributed by atoms with van der Waals surface area (Å²) >= 11 is 0. The lowest BCUT2D eigenvalue weighted by atomic mass is 9.97. The van der Waals surface area contributed by atoms with Crippen LogP contribution in [-0.4, -0.2) is 16.2 Å². The summed E-state index contributed by atoms with van der Waals surface area (Å²) < 4.78 is 2.37. The van der Waals surface area contributed by atoms with Crippen molar-refractivity contribution in [3.05, 3.63) is 187 Å². The highest BCUT2D eigenvalue weighted by molar-refractivity contribution is 6.25. The maximum atomic E-state index is 5.39. The van der Waals surface area contributed by atoms with E-state index in [-0.39, 0.29) is 0 Å². The van der Waals surface area contributed by atoms with Gasteiger partial charge in [-0.25, -0.2) is 9.98 Å². The smallest absolute Gasteiger partial charge is 0.170 e. The molecular formula is C43H30N4. The van der Waals surface area contributed by atoms with Gasteiger partial charge in [0.2, 0.25) is 0 Å². The van der Waals surface area contributed by atoms with E-state index in [1.807, 2.05) is 12.1 Å². The summed E-state index contributed by atoms with van der Waals surface area (Å²) in [6.45, 7) is 0. The predicted molar refractivity (Wildman–Crippen MR) is 196 cm³/mol. The number of amidine groups is 2. The molecule has 0 radical (unpaired) electrons. The van der Waals surface area contributed by atoms with Crippen molar-refractivity contribution in [2.75, 3.05) is 0 Å². The first-order valence-corrected chi connectivity index (χ1v) is 16.0. The fourth-order valence-electron chi connectivity index (χ4n) is 6.88. The molecule has 222 valence electrons. The van der Waals surface area contributed by atoms with Crippen LogP contribution in [0.5, 0.6) is 0 Å². The van der Waals surface area contributed by atoms with Gasteiger partial charge in [0.05, 0.1) is 11.0 Å². The Hall–Kier alpha value is -6.26. The van der Waals surface area contributed by atoms with Crippen LogP contribution in [-0.2, 0) is 0 Å². The first-order valence-electron chi connectivity index (χ1n) is 16.0. The molecule has 1 unspecified atom stereocenters. The monoisotopic (exact) mass is 602 g/mol. The third-order valence-corrected chi connectivity index (χ3v) is 9.04. The van der Waals surface area contributed by atoms with E-state index >= 15 is 0 Å². The standard InChI is InChI=1S/C43H30N4/c1-4-15-29(16-5-1)34-23-12-13-24-35(34)42-44-41(30-17-6-2-7-18-30)45-43(46-42)36-25-14-26-38-40(36)37-27-31-19-10-11-20-32(31)28-39(37)47(38)33-21-8-3-9-22-33/h1-28,42H,(H,44,45,46). The topological polar surface area (TPSA) is 41.7 Å². The lowest BCUT2D eigenvalue weighted by Gasteiger charge is -2.24. The van der Waals surface area contributed by atoms with Crippen molar-refractivity contribution >= 4 is 44.2 Å². The summed E-state index contributed by atoms with van der Waals surface area (Å²) in [7, 11) is 0. The Balaban J connectivity index is 1.31. The van der Waals surface area contributed by atoms with Crippen molar-refractivity contribution in [3.63, 3.8) is 0 Å². The van der Waals surface area contributed by atoms with Gasteiger partial charge in [0.25, 0.3) is 0 Å². The van der Waals surface area contributed by atoms with Crippen molar-refractivity contribution in [3.8, 4) is 16.8 Å². The normalized spacial score (nSPS) is 14.6. The molecule has 1 N–H and O–H groups in total. The maximum absolute atomic E-state index is 5.39. The highest BCUT2D eigenvalue weighted by atomic mass is 15.2. The summed E-state index contributed by atoms with van der Waals surface area (Å²) in [5.41, 5.74) is 8.83. The molecular weight excluding hydrogens is 573 g/mol. The quantitative estimate of drug-likeness (QED) is 0.209. The van der Waals surface area contributed by atoms with Gasteiger partial charge in [-0.3, -0.25) is 0 Å². The number of hydrogen-bond donors (Lipinski definition) is 1. The Morgan fingerprint density at radius 1 is 0.468 bits per heavy atom. The highest BCUT2D eigenvalue weighted by Crippen LogP contribution is 2.38. The minimum absolute atomic E-state index is 0.434. The Bertz CT molecular complexity index is 2480. The van der Waals surface area contributed by atoms with E-state index in [2.05, 4.69) is 168 Å². The third-order valence-electron chi connectivity index (χ3n) is 9.04. The number of fused-ring (bicyclic) bond motifs is 4. The molecule has 0 fully saturated rings. The van der Waals surface area contributed by atoms with Crippen LogP contribution < -0.4 is 5.32 Å². The molecule has 1 atom stereocenters. The molecule has 1 aliphatic rings. The second kappa shape index (κ2) is 11.3. The van der Waals surface area contributed by atoms with Crippen molar-refractivity contribution in [1.29, 1.82) is 0 Å². The maximum Gasteiger partial charge on any atom is 0.170 e. The zero-order valence-electron chi connectivity index (χ0n) is 25.6. The summed E-state index contributed by atoms with van der Waals surface area (Å²) in [4.78, 5) is 10.6. The molecule has 8 aromatic rings. The SMILES string of the molecule is c1ccc(C2=NC(c3ccccc3-c3ccccc3)N=C(c3cccc4c3c3cc5ccccc5cc3n4-c3ccccc3)N2)cc1. The minimum atomic E-state index is -0.434. The van der Waals surface area contributed by atoms with Gasteiger partial charge in [0.15, 0.2) is 6.17 Å². The van der Waals surface area contributed by atoms with Crippen LogP contribution in [0.2, 0.25) is 0 Å². The van der Waals surface area contributed by atoms with Gasteiger partial charge >= 0.3 is 0 Å². The molecule has 4 nitrogen and oxygen atoms in total. The summed E-state index contributed by atoms with van der Waals surface area (Å²) in [5.74, 6) is 1.61. The molecule has 4 heteroatoms. The number of benzene rings is 7. The van der Waals surface area contributed by atoms with E-state index in [4.69, 9.17) is 9.98 Å². The summed E-state index contributed by atoms with van der Waals surface area (Å²) in [6.07, 6.45) is -0.434. The van der Waals surface area contributed by atoms with Crippen molar-refractivity contribution < 1.29 is 0 Å². The van der Waals surface area contributed by atoms with Crippen LogP contribution in [0.3, 0.4) is 0 Å². The average Bonchev–Trinajstić information content (AvgIpc) is 3.48. The van der Waals surface area contributed by atoms with Gasteiger partial charge in [0.1, 0.15) is 11.7 Å². The summed E-state index contributed by atoms with van der Waals surface area (Å²) in [6, 6.07) is 59.7. The predicted octanol–water partition coefficient (Wildman–Crippen LogP) is 10.1. The van der Waals surface area contributed by atoms with Crippen LogP contribution in [0.25, 0.3) is 49.4 Å². The van der Waals surface area contributed by atoms with Gasteiger partial charge in [-0.1, -0.05) is 140 Å². The van der Waals surface area contributed by atoms with Crippen LogP contribution in [0, 0.1) is 0 Å². The number of nitrogens with zero attached hydrogens (tertiary/aromatic N) is 3. The molecule has 0 amide bonds. The number of para-hydroxylation sites is 1. The molecule has 2 heterocycles. The molecule has 0 aliphatic carbocycles. The van der Waals surface area contributed by atoms with Crippen LogP contribution in [0.15, 0.2) is 180 Å². The second-order valence-electron chi connectivity index (χ2n) is 11.9.